The Hall–Kier alpha value is -1.93. The number of hydrogen-bond acceptors (Lipinski definition) is 4. The highest BCUT2D eigenvalue weighted by Crippen LogP contribution is 2.51. The van der Waals surface area contributed by atoms with Crippen LogP contribution < -0.4 is 22.3 Å². The first kappa shape index (κ1) is 15.5. The van der Waals surface area contributed by atoms with Gasteiger partial charge in [0.2, 0.25) is 0 Å². The molecule has 1 aliphatic rings. The zero-order valence-electron chi connectivity index (χ0n) is 11.5. The van der Waals surface area contributed by atoms with Crippen molar-refractivity contribution in [2.24, 2.45) is 0 Å². The molecule has 0 amide bonds. The summed E-state index contributed by atoms with van der Waals surface area (Å²) in [5.41, 5.74) is 1.57. The SMILES string of the molecule is CCCCn1c(N)c(NC2(C(F)(F)F)CC2)c(=O)[nH]c1=O. The number of alkyl halides is 3. The Kier molecular flexibility index (Phi) is 3.77. The van der Waals surface area contributed by atoms with Crippen LogP contribution in [0.15, 0.2) is 9.59 Å². The minimum absolute atomic E-state index is 0.122. The fourth-order valence-electron chi connectivity index (χ4n) is 2.09. The maximum atomic E-state index is 12.9. The van der Waals surface area contributed by atoms with Gasteiger partial charge in [-0.3, -0.25) is 14.3 Å². The van der Waals surface area contributed by atoms with Gasteiger partial charge in [-0.05, 0) is 19.3 Å². The van der Waals surface area contributed by atoms with Crippen molar-refractivity contribution >= 4 is 11.5 Å². The van der Waals surface area contributed by atoms with Gasteiger partial charge >= 0.3 is 11.9 Å². The van der Waals surface area contributed by atoms with Crippen molar-refractivity contribution in [1.29, 1.82) is 0 Å². The van der Waals surface area contributed by atoms with Crippen LogP contribution in [0.5, 0.6) is 0 Å². The van der Waals surface area contributed by atoms with Crippen molar-refractivity contribution in [2.75, 3.05) is 11.1 Å². The fraction of sp³-hybridized carbons (Fsp3) is 0.667. The third-order valence-corrected chi connectivity index (χ3v) is 3.63. The smallest absolute Gasteiger partial charge is 0.383 e. The number of H-pyrrole nitrogens is 1. The average molecular weight is 306 g/mol. The number of anilines is 2. The first-order valence-electron chi connectivity index (χ1n) is 6.69. The number of unbranched alkanes of at least 4 members (excludes halogenated alkanes) is 1. The number of aromatic amines is 1. The van der Waals surface area contributed by atoms with Crippen molar-refractivity contribution < 1.29 is 13.2 Å². The Labute approximate surface area is 118 Å². The molecule has 21 heavy (non-hydrogen) atoms. The van der Waals surface area contributed by atoms with E-state index in [2.05, 4.69) is 5.32 Å². The van der Waals surface area contributed by atoms with Crippen molar-refractivity contribution in [2.45, 2.75) is 50.9 Å². The Morgan fingerprint density at radius 1 is 1.38 bits per heavy atom. The van der Waals surface area contributed by atoms with Crippen molar-refractivity contribution in [1.82, 2.24) is 9.55 Å². The van der Waals surface area contributed by atoms with Gasteiger partial charge < -0.3 is 11.1 Å². The van der Waals surface area contributed by atoms with Gasteiger partial charge in [0.05, 0.1) is 0 Å². The zero-order chi connectivity index (χ0) is 15.8. The van der Waals surface area contributed by atoms with Crippen LogP contribution in [-0.2, 0) is 6.54 Å². The lowest BCUT2D eigenvalue weighted by molar-refractivity contribution is -0.151. The molecule has 0 unspecified atom stereocenters. The predicted molar refractivity (Wildman–Crippen MR) is 72.3 cm³/mol. The molecule has 1 heterocycles. The molecule has 0 spiro atoms. The molecule has 0 radical (unpaired) electrons. The molecule has 9 heteroatoms. The van der Waals surface area contributed by atoms with Crippen LogP contribution in [0.3, 0.4) is 0 Å². The Morgan fingerprint density at radius 2 is 2.00 bits per heavy atom. The molecule has 1 aromatic heterocycles. The predicted octanol–water partition coefficient (Wildman–Crippen LogP) is 1.43. The molecule has 1 aliphatic carbocycles. The summed E-state index contributed by atoms with van der Waals surface area (Å²) >= 11 is 0. The number of nitrogens with two attached hydrogens (primary N) is 1. The van der Waals surface area contributed by atoms with E-state index in [1.165, 1.54) is 0 Å². The molecular formula is C12H17F3N4O2. The first-order chi connectivity index (χ1) is 9.72. The van der Waals surface area contributed by atoms with E-state index in [0.717, 1.165) is 11.0 Å². The van der Waals surface area contributed by atoms with Crippen LogP contribution in [-0.4, -0.2) is 21.3 Å². The molecule has 0 atom stereocenters. The summed E-state index contributed by atoms with van der Waals surface area (Å²) in [6.07, 6.45) is -3.32. The maximum absolute atomic E-state index is 12.9. The maximum Gasteiger partial charge on any atom is 0.411 e. The molecule has 118 valence electrons. The number of nitrogens with one attached hydrogen (secondary N) is 2. The molecule has 1 aromatic rings. The number of hydrogen-bond donors (Lipinski definition) is 3. The van der Waals surface area contributed by atoms with E-state index >= 15 is 0 Å². The second-order valence-electron chi connectivity index (χ2n) is 5.23. The molecule has 0 aliphatic heterocycles. The second kappa shape index (κ2) is 5.12. The van der Waals surface area contributed by atoms with Crippen LogP contribution in [0.4, 0.5) is 24.7 Å². The lowest BCUT2D eigenvalue weighted by Gasteiger charge is -2.23. The summed E-state index contributed by atoms with van der Waals surface area (Å²) in [6, 6.07) is 0. The molecule has 4 N–H and O–H groups in total. The highest BCUT2D eigenvalue weighted by molar-refractivity contribution is 5.63. The van der Waals surface area contributed by atoms with E-state index in [9.17, 15) is 22.8 Å². The van der Waals surface area contributed by atoms with Gasteiger partial charge in [0.15, 0.2) is 0 Å². The number of aromatic nitrogens is 2. The van der Waals surface area contributed by atoms with E-state index in [1.54, 1.807) is 0 Å². The third-order valence-electron chi connectivity index (χ3n) is 3.63. The molecule has 1 fully saturated rings. The Balaban J connectivity index is 2.41. The fourth-order valence-corrected chi connectivity index (χ4v) is 2.09. The minimum atomic E-state index is -4.48. The number of nitrogen functional groups attached to an aromatic ring is 1. The van der Waals surface area contributed by atoms with Crippen LogP contribution in [0.25, 0.3) is 0 Å². The van der Waals surface area contributed by atoms with Gasteiger partial charge in [-0.25, -0.2) is 4.79 Å². The van der Waals surface area contributed by atoms with E-state index in [4.69, 9.17) is 5.73 Å². The highest BCUT2D eigenvalue weighted by Gasteiger charge is 2.64. The van der Waals surface area contributed by atoms with E-state index in [-0.39, 0.29) is 30.9 Å². The standard InChI is InChI=1S/C12H17F3N4O2/c1-2-3-6-19-8(16)7(9(20)17-10(19)21)18-11(4-5-11)12(13,14)15/h18H,2-6,16H2,1H3,(H,17,20,21). The van der Waals surface area contributed by atoms with Gasteiger partial charge in [0.25, 0.3) is 5.56 Å². The molecule has 0 saturated heterocycles. The summed E-state index contributed by atoms with van der Waals surface area (Å²) in [4.78, 5) is 25.4. The van der Waals surface area contributed by atoms with Crippen molar-refractivity contribution in [3.05, 3.63) is 20.8 Å². The van der Waals surface area contributed by atoms with Gasteiger partial charge in [-0.15, -0.1) is 0 Å². The van der Waals surface area contributed by atoms with E-state index in [0.29, 0.717) is 6.42 Å². The molecule has 0 bridgehead atoms. The number of rotatable bonds is 5. The topological polar surface area (TPSA) is 92.9 Å². The second-order valence-corrected chi connectivity index (χ2v) is 5.23. The normalized spacial score (nSPS) is 16.8. The zero-order valence-corrected chi connectivity index (χ0v) is 11.5. The molecule has 0 aromatic carbocycles. The minimum Gasteiger partial charge on any atom is -0.383 e. The highest BCUT2D eigenvalue weighted by atomic mass is 19.4. The van der Waals surface area contributed by atoms with Crippen LogP contribution in [0, 0.1) is 0 Å². The lowest BCUT2D eigenvalue weighted by Crippen LogP contribution is -2.42. The molecule has 6 nitrogen and oxygen atoms in total. The van der Waals surface area contributed by atoms with Crippen LogP contribution in [0.1, 0.15) is 32.6 Å². The van der Waals surface area contributed by atoms with Crippen molar-refractivity contribution in [3.63, 3.8) is 0 Å². The van der Waals surface area contributed by atoms with E-state index < -0.39 is 23.0 Å². The van der Waals surface area contributed by atoms with Gasteiger partial charge in [0.1, 0.15) is 17.0 Å². The average Bonchev–Trinajstić information content (AvgIpc) is 3.15. The molecule has 1 saturated carbocycles. The lowest BCUT2D eigenvalue weighted by atomic mass is 10.2. The third kappa shape index (κ3) is 2.77. The monoisotopic (exact) mass is 306 g/mol. The summed E-state index contributed by atoms with van der Waals surface area (Å²) in [5, 5.41) is 2.20. The van der Waals surface area contributed by atoms with E-state index in [1.807, 2.05) is 11.9 Å². The first-order valence-corrected chi connectivity index (χ1v) is 6.69. The Bertz CT molecular complexity index is 643. The summed E-state index contributed by atoms with van der Waals surface area (Å²) in [5.74, 6) is -0.257. The summed E-state index contributed by atoms with van der Waals surface area (Å²) < 4.78 is 39.9. The number of halogens is 3. The largest absolute Gasteiger partial charge is 0.411 e. The quantitative estimate of drug-likeness (QED) is 0.767. The molecular weight excluding hydrogens is 289 g/mol. The van der Waals surface area contributed by atoms with Gasteiger partial charge in [0, 0.05) is 6.54 Å². The number of nitrogens with zero attached hydrogens (tertiary/aromatic N) is 1. The van der Waals surface area contributed by atoms with Gasteiger partial charge in [-0.2, -0.15) is 13.2 Å². The summed E-state index contributed by atoms with van der Waals surface area (Å²) in [7, 11) is 0. The van der Waals surface area contributed by atoms with Crippen molar-refractivity contribution in [3.8, 4) is 0 Å². The van der Waals surface area contributed by atoms with Crippen LogP contribution >= 0.6 is 0 Å². The molecule has 2 rings (SSSR count). The van der Waals surface area contributed by atoms with Crippen LogP contribution in [0.2, 0.25) is 0 Å². The summed E-state index contributed by atoms with van der Waals surface area (Å²) in [6.45, 7) is 2.14. The van der Waals surface area contributed by atoms with Gasteiger partial charge in [-0.1, -0.05) is 13.3 Å². The Morgan fingerprint density at radius 3 is 2.48 bits per heavy atom.